The molecule has 2 aromatic rings. The molecule has 0 bridgehead atoms. The molecule has 0 aromatic carbocycles. The van der Waals surface area contributed by atoms with Crippen molar-refractivity contribution in [2.75, 3.05) is 31.6 Å². The summed E-state index contributed by atoms with van der Waals surface area (Å²) in [6.07, 6.45) is 2.46. The van der Waals surface area contributed by atoms with Gasteiger partial charge < -0.3 is 29.5 Å². The highest BCUT2D eigenvalue weighted by atomic mass is 16.6. The van der Waals surface area contributed by atoms with E-state index in [1.807, 2.05) is 26.8 Å². The van der Waals surface area contributed by atoms with E-state index in [9.17, 15) is 4.79 Å². The zero-order valence-electron chi connectivity index (χ0n) is 18.8. The standard InChI is InChI=1S/C22H31N5O5/c1-15(2)31-22(29)27-9-6-18(7-10-27)32-21-12-17(24-14-25-21)13-30-19-4-5-20(23-8-11-28)26-16(19)3/h4-5,12,14-15,18,28H,6-11,13H2,1-3H3,(H,23,26). The van der Waals surface area contributed by atoms with Gasteiger partial charge in [-0.1, -0.05) is 0 Å². The van der Waals surface area contributed by atoms with Crippen molar-refractivity contribution in [1.82, 2.24) is 19.9 Å². The fraction of sp³-hybridized carbons (Fsp3) is 0.545. The predicted octanol–water partition coefficient (Wildman–Crippen LogP) is 2.55. The third kappa shape index (κ3) is 6.94. The number of aryl methyl sites for hydroxylation is 1. The molecule has 10 heteroatoms. The minimum Gasteiger partial charge on any atom is -0.485 e. The van der Waals surface area contributed by atoms with Gasteiger partial charge in [0.05, 0.1) is 24.1 Å². The first-order chi connectivity index (χ1) is 15.4. The molecule has 10 nitrogen and oxygen atoms in total. The Morgan fingerprint density at radius 3 is 2.75 bits per heavy atom. The van der Waals surface area contributed by atoms with Crippen LogP contribution >= 0.6 is 0 Å². The molecule has 0 radical (unpaired) electrons. The maximum Gasteiger partial charge on any atom is 0.410 e. The number of ether oxygens (including phenoxy) is 3. The quantitative estimate of drug-likeness (QED) is 0.600. The first-order valence-electron chi connectivity index (χ1n) is 10.8. The summed E-state index contributed by atoms with van der Waals surface area (Å²) in [7, 11) is 0. The summed E-state index contributed by atoms with van der Waals surface area (Å²) in [4.78, 5) is 26.6. The van der Waals surface area contributed by atoms with Crippen molar-refractivity contribution < 1.29 is 24.1 Å². The lowest BCUT2D eigenvalue weighted by Gasteiger charge is -2.31. The van der Waals surface area contributed by atoms with Crippen molar-refractivity contribution in [3.8, 4) is 11.6 Å². The van der Waals surface area contributed by atoms with Gasteiger partial charge in [0.1, 0.15) is 30.6 Å². The Morgan fingerprint density at radius 2 is 2.06 bits per heavy atom. The van der Waals surface area contributed by atoms with Crippen LogP contribution in [0.5, 0.6) is 11.6 Å². The van der Waals surface area contributed by atoms with E-state index in [1.165, 1.54) is 6.33 Å². The molecule has 0 unspecified atom stereocenters. The number of hydrogen-bond acceptors (Lipinski definition) is 9. The number of carbonyl (C=O) groups excluding carboxylic acids is 1. The van der Waals surface area contributed by atoms with Crippen LogP contribution in [-0.4, -0.2) is 69.5 Å². The summed E-state index contributed by atoms with van der Waals surface area (Å²) >= 11 is 0. The molecule has 3 rings (SSSR count). The molecule has 2 aromatic heterocycles. The van der Waals surface area contributed by atoms with E-state index < -0.39 is 0 Å². The van der Waals surface area contributed by atoms with E-state index in [-0.39, 0.29) is 31.5 Å². The van der Waals surface area contributed by atoms with Gasteiger partial charge in [0.25, 0.3) is 0 Å². The highest BCUT2D eigenvalue weighted by molar-refractivity contribution is 5.67. The minimum atomic E-state index is -0.276. The number of aliphatic hydroxyl groups is 1. The Kier molecular flexibility index (Phi) is 8.43. The summed E-state index contributed by atoms with van der Waals surface area (Å²) in [6, 6.07) is 5.40. The van der Waals surface area contributed by atoms with Gasteiger partial charge in [-0.3, -0.25) is 0 Å². The number of rotatable bonds is 9. The lowest BCUT2D eigenvalue weighted by Crippen LogP contribution is -2.42. The molecule has 2 N–H and O–H groups in total. The topological polar surface area (TPSA) is 119 Å². The zero-order chi connectivity index (χ0) is 22.9. The van der Waals surface area contributed by atoms with Crippen LogP contribution in [0.15, 0.2) is 24.5 Å². The monoisotopic (exact) mass is 445 g/mol. The summed E-state index contributed by atoms with van der Waals surface area (Å²) < 4.78 is 17.1. The van der Waals surface area contributed by atoms with Crippen LogP contribution in [0, 0.1) is 6.92 Å². The molecular formula is C22H31N5O5. The second-order valence-electron chi connectivity index (χ2n) is 7.80. The fourth-order valence-corrected chi connectivity index (χ4v) is 3.26. The van der Waals surface area contributed by atoms with Crippen LogP contribution in [-0.2, 0) is 11.3 Å². The molecule has 0 spiro atoms. The number of carbonyl (C=O) groups is 1. The summed E-state index contributed by atoms with van der Waals surface area (Å²) in [5.74, 6) is 1.83. The van der Waals surface area contributed by atoms with Gasteiger partial charge in [-0.25, -0.2) is 19.7 Å². The molecule has 174 valence electrons. The fourth-order valence-electron chi connectivity index (χ4n) is 3.26. The molecule has 1 aliphatic heterocycles. The number of anilines is 1. The Labute approximate surface area is 187 Å². The lowest BCUT2D eigenvalue weighted by atomic mass is 10.1. The SMILES string of the molecule is Cc1nc(NCCO)ccc1OCc1cc(OC2CCN(C(=O)OC(C)C)CC2)ncn1. The lowest BCUT2D eigenvalue weighted by molar-refractivity contribution is 0.0506. The van der Waals surface area contributed by atoms with Crippen molar-refractivity contribution in [1.29, 1.82) is 0 Å². The van der Waals surface area contributed by atoms with Crippen LogP contribution in [0.1, 0.15) is 38.1 Å². The molecule has 1 amide bonds. The zero-order valence-corrected chi connectivity index (χ0v) is 18.8. The molecule has 1 aliphatic rings. The Hall–Kier alpha value is -3.14. The summed E-state index contributed by atoms with van der Waals surface area (Å²) in [5, 5.41) is 11.9. The number of hydrogen-bond donors (Lipinski definition) is 2. The second-order valence-corrected chi connectivity index (χ2v) is 7.80. The van der Waals surface area contributed by atoms with Gasteiger partial charge in [-0.2, -0.15) is 0 Å². The van der Waals surface area contributed by atoms with E-state index in [0.29, 0.717) is 55.6 Å². The smallest absolute Gasteiger partial charge is 0.410 e. The Balaban J connectivity index is 1.49. The van der Waals surface area contributed by atoms with E-state index in [2.05, 4.69) is 20.3 Å². The minimum absolute atomic E-state index is 0.0211. The second kappa shape index (κ2) is 11.5. The van der Waals surface area contributed by atoms with Gasteiger partial charge >= 0.3 is 6.09 Å². The van der Waals surface area contributed by atoms with Gasteiger partial charge in [0.2, 0.25) is 5.88 Å². The number of pyridine rings is 1. The summed E-state index contributed by atoms with van der Waals surface area (Å²) in [5.41, 5.74) is 1.43. The van der Waals surface area contributed by atoms with Crippen LogP contribution in [0.2, 0.25) is 0 Å². The number of nitrogens with one attached hydrogen (secondary N) is 1. The van der Waals surface area contributed by atoms with Crippen LogP contribution in [0.4, 0.5) is 10.6 Å². The number of nitrogens with zero attached hydrogens (tertiary/aromatic N) is 4. The largest absolute Gasteiger partial charge is 0.485 e. The number of likely N-dealkylation sites (tertiary alicyclic amines) is 1. The van der Waals surface area contributed by atoms with Crippen molar-refractivity contribution in [3.63, 3.8) is 0 Å². The van der Waals surface area contributed by atoms with Crippen molar-refractivity contribution in [2.45, 2.75) is 52.4 Å². The predicted molar refractivity (Wildman–Crippen MR) is 118 cm³/mol. The molecule has 3 heterocycles. The third-order valence-corrected chi connectivity index (χ3v) is 4.85. The summed E-state index contributed by atoms with van der Waals surface area (Å²) in [6.45, 7) is 7.46. The highest BCUT2D eigenvalue weighted by Crippen LogP contribution is 2.21. The molecule has 1 saturated heterocycles. The maximum absolute atomic E-state index is 12.0. The average molecular weight is 446 g/mol. The van der Waals surface area contributed by atoms with E-state index in [0.717, 1.165) is 5.69 Å². The molecule has 0 saturated carbocycles. The molecular weight excluding hydrogens is 414 g/mol. The number of aliphatic hydroxyl groups excluding tert-OH is 1. The molecule has 1 fully saturated rings. The van der Waals surface area contributed by atoms with Gasteiger partial charge in [0, 0.05) is 38.5 Å². The van der Waals surface area contributed by atoms with Crippen molar-refractivity contribution >= 4 is 11.9 Å². The van der Waals surface area contributed by atoms with Gasteiger partial charge in [-0.05, 0) is 32.9 Å². The van der Waals surface area contributed by atoms with Crippen LogP contribution in [0.3, 0.4) is 0 Å². The number of piperidine rings is 1. The van der Waals surface area contributed by atoms with E-state index >= 15 is 0 Å². The van der Waals surface area contributed by atoms with Crippen LogP contribution in [0.25, 0.3) is 0 Å². The molecule has 32 heavy (non-hydrogen) atoms. The number of amides is 1. The average Bonchev–Trinajstić information content (AvgIpc) is 2.77. The Morgan fingerprint density at radius 1 is 1.28 bits per heavy atom. The van der Waals surface area contributed by atoms with E-state index in [4.69, 9.17) is 19.3 Å². The van der Waals surface area contributed by atoms with Crippen molar-refractivity contribution in [2.24, 2.45) is 0 Å². The first kappa shape index (κ1) is 23.5. The Bertz CT molecular complexity index is 887. The molecule has 0 atom stereocenters. The molecule has 0 aliphatic carbocycles. The van der Waals surface area contributed by atoms with Gasteiger partial charge in [0.15, 0.2) is 0 Å². The van der Waals surface area contributed by atoms with Crippen LogP contribution < -0.4 is 14.8 Å². The first-order valence-corrected chi connectivity index (χ1v) is 10.8. The highest BCUT2D eigenvalue weighted by Gasteiger charge is 2.25. The third-order valence-electron chi connectivity index (χ3n) is 4.85. The van der Waals surface area contributed by atoms with E-state index in [1.54, 1.807) is 17.0 Å². The van der Waals surface area contributed by atoms with Crippen molar-refractivity contribution in [3.05, 3.63) is 35.9 Å². The maximum atomic E-state index is 12.0. The van der Waals surface area contributed by atoms with Gasteiger partial charge in [-0.15, -0.1) is 0 Å². The number of aromatic nitrogens is 3. The normalized spacial score (nSPS) is 14.3.